The minimum absolute atomic E-state index is 0.646. The Morgan fingerprint density at radius 1 is 1.27 bits per heavy atom. The van der Waals surface area contributed by atoms with Crippen LogP contribution in [0, 0.1) is 5.92 Å². The van der Waals surface area contributed by atoms with Crippen LogP contribution in [-0.4, -0.2) is 18.5 Å². The molecule has 1 heterocycles. The summed E-state index contributed by atoms with van der Waals surface area (Å²) in [6.07, 6.45) is 1.07. The topological polar surface area (TPSA) is 18.5 Å². The van der Waals surface area contributed by atoms with Crippen molar-refractivity contribution in [3.63, 3.8) is 0 Å². The second kappa shape index (κ2) is 4.88. The molecular formula is C12H15BrO2. The zero-order valence-electron chi connectivity index (χ0n) is 8.83. The van der Waals surface area contributed by atoms with Crippen molar-refractivity contribution < 1.29 is 9.47 Å². The molecule has 0 bridgehead atoms. The standard InChI is InChI=1S/C12H15BrO2/c1-9(8-13)6-10-2-3-11-12(7-10)15-5-4-14-11/h2-3,7,9H,4-6,8H2,1H3. The third kappa shape index (κ3) is 2.65. The molecule has 82 valence electrons. The summed E-state index contributed by atoms with van der Waals surface area (Å²) in [4.78, 5) is 0. The van der Waals surface area contributed by atoms with E-state index in [0.29, 0.717) is 19.1 Å². The molecule has 3 heteroatoms. The first kappa shape index (κ1) is 10.8. The fourth-order valence-electron chi connectivity index (χ4n) is 1.67. The number of ether oxygens (including phenoxy) is 2. The number of hydrogen-bond donors (Lipinski definition) is 0. The highest BCUT2D eigenvalue weighted by Crippen LogP contribution is 2.31. The minimum atomic E-state index is 0.646. The molecule has 0 saturated carbocycles. The van der Waals surface area contributed by atoms with Gasteiger partial charge in [-0.25, -0.2) is 0 Å². The second-order valence-corrected chi connectivity index (χ2v) is 4.59. The maximum Gasteiger partial charge on any atom is 0.161 e. The Morgan fingerprint density at radius 3 is 2.73 bits per heavy atom. The molecule has 0 aliphatic carbocycles. The first-order valence-corrected chi connectivity index (χ1v) is 6.36. The summed E-state index contributed by atoms with van der Waals surface area (Å²) in [5.41, 5.74) is 1.31. The van der Waals surface area contributed by atoms with Gasteiger partial charge in [-0.1, -0.05) is 28.9 Å². The summed E-state index contributed by atoms with van der Waals surface area (Å²) in [6.45, 7) is 3.54. The summed E-state index contributed by atoms with van der Waals surface area (Å²) < 4.78 is 11.0. The molecule has 0 radical (unpaired) electrons. The first-order chi connectivity index (χ1) is 7.29. The van der Waals surface area contributed by atoms with Crippen molar-refractivity contribution in [2.24, 2.45) is 5.92 Å². The van der Waals surface area contributed by atoms with E-state index in [0.717, 1.165) is 23.2 Å². The molecule has 0 amide bonds. The van der Waals surface area contributed by atoms with Crippen molar-refractivity contribution >= 4 is 15.9 Å². The molecule has 1 unspecified atom stereocenters. The van der Waals surface area contributed by atoms with E-state index in [1.807, 2.05) is 6.07 Å². The molecule has 0 saturated heterocycles. The van der Waals surface area contributed by atoms with E-state index in [4.69, 9.17) is 9.47 Å². The third-order valence-electron chi connectivity index (χ3n) is 2.45. The molecule has 0 N–H and O–H groups in total. The number of alkyl halides is 1. The van der Waals surface area contributed by atoms with E-state index in [2.05, 4.69) is 35.0 Å². The zero-order chi connectivity index (χ0) is 10.7. The molecule has 0 fully saturated rings. The van der Waals surface area contributed by atoms with Crippen LogP contribution in [0.15, 0.2) is 18.2 Å². The van der Waals surface area contributed by atoms with E-state index < -0.39 is 0 Å². The molecular weight excluding hydrogens is 256 g/mol. The number of hydrogen-bond acceptors (Lipinski definition) is 2. The minimum Gasteiger partial charge on any atom is -0.486 e. The number of halogens is 1. The smallest absolute Gasteiger partial charge is 0.161 e. The Hall–Kier alpha value is -0.700. The van der Waals surface area contributed by atoms with Gasteiger partial charge in [-0.15, -0.1) is 0 Å². The average molecular weight is 271 g/mol. The monoisotopic (exact) mass is 270 g/mol. The van der Waals surface area contributed by atoms with E-state index in [1.54, 1.807) is 0 Å². The van der Waals surface area contributed by atoms with Crippen LogP contribution in [0.1, 0.15) is 12.5 Å². The average Bonchev–Trinajstić information content (AvgIpc) is 2.29. The number of benzene rings is 1. The fourth-order valence-corrected chi connectivity index (χ4v) is 1.90. The van der Waals surface area contributed by atoms with Crippen LogP contribution in [0.3, 0.4) is 0 Å². The molecule has 1 aliphatic heterocycles. The van der Waals surface area contributed by atoms with Crippen molar-refractivity contribution in [2.45, 2.75) is 13.3 Å². The van der Waals surface area contributed by atoms with Crippen LogP contribution in [0.2, 0.25) is 0 Å². The Bertz CT molecular complexity index is 338. The van der Waals surface area contributed by atoms with Crippen LogP contribution in [0.4, 0.5) is 0 Å². The third-order valence-corrected chi connectivity index (χ3v) is 3.56. The first-order valence-electron chi connectivity index (χ1n) is 5.24. The lowest BCUT2D eigenvalue weighted by Crippen LogP contribution is -2.15. The zero-order valence-corrected chi connectivity index (χ0v) is 10.4. The number of fused-ring (bicyclic) bond motifs is 1. The van der Waals surface area contributed by atoms with Gasteiger partial charge in [0.1, 0.15) is 13.2 Å². The Morgan fingerprint density at radius 2 is 2.00 bits per heavy atom. The van der Waals surface area contributed by atoms with Gasteiger partial charge in [0.2, 0.25) is 0 Å². The lowest BCUT2D eigenvalue weighted by Gasteiger charge is -2.19. The fraction of sp³-hybridized carbons (Fsp3) is 0.500. The van der Waals surface area contributed by atoms with Crippen molar-refractivity contribution in [1.82, 2.24) is 0 Å². The van der Waals surface area contributed by atoms with Crippen LogP contribution in [-0.2, 0) is 6.42 Å². The molecule has 1 aromatic carbocycles. The van der Waals surface area contributed by atoms with Crippen molar-refractivity contribution in [1.29, 1.82) is 0 Å². The van der Waals surface area contributed by atoms with Gasteiger partial charge in [-0.2, -0.15) is 0 Å². The Labute approximate surface area is 98.7 Å². The van der Waals surface area contributed by atoms with Crippen LogP contribution < -0.4 is 9.47 Å². The van der Waals surface area contributed by atoms with Gasteiger partial charge >= 0.3 is 0 Å². The quantitative estimate of drug-likeness (QED) is 0.787. The van der Waals surface area contributed by atoms with Crippen molar-refractivity contribution in [2.75, 3.05) is 18.5 Å². The maximum absolute atomic E-state index is 5.54. The highest BCUT2D eigenvalue weighted by molar-refractivity contribution is 9.09. The molecule has 1 aliphatic rings. The SMILES string of the molecule is CC(CBr)Cc1ccc2c(c1)OCCO2. The van der Waals surface area contributed by atoms with E-state index in [-0.39, 0.29) is 0 Å². The summed E-state index contributed by atoms with van der Waals surface area (Å²) in [5.74, 6) is 2.41. The molecule has 2 nitrogen and oxygen atoms in total. The summed E-state index contributed by atoms with van der Waals surface area (Å²) in [7, 11) is 0. The van der Waals surface area contributed by atoms with Crippen LogP contribution >= 0.6 is 15.9 Å². The van der Waals surface area contributed by atoms with Gasteiger partial charge in [0.15, 0.2) is 11.5 Å². The van der Waals surface area contributed by atoms with Crippen molar-refractivity contribution in [3.05, 3.63) is 23.8 Å². The molecule has 15 heavy (non-hydrogen) atoms. The van der Waals surface area contributed by atoms with Gasteiger partial charge in [0.05, 0.1) is 0 Å². The Balaban J connectivity index is 2.13. The molecule has 1 aromatic rings. The van der Waals surface area contributed by atoms with Gasteiger partial charge in [0.25, 0.3) is 0 Å². The van der Waals surface area contributed by atoms with Gasteiger partial charge in [-0.3, -0.25) is 0 Å². The molecule has 1 atom stereocenters. The summed E-state index contributed by atoms with van der Waals surface area (Å²) >= 11 is 3.49. The van der Waals surface area contributed by atoms with Crippen molar-refractivity contribution in [3.8, 4) is 11.5 Å². The Kier molecular flexibility index (Phi) is 3.52. The van der Waals surface area contributed by atoms with Crippen LogP contribution in [0.5, 0.6) is 11.5 Å². The summed E-state index contributed by atoms with van der Waals surface area (Å²) in [6, 6.07) is 6.21. The maximum atomic E-state index is 5.54. The largest absolute Gasteiger partial charge is 0.486 e. The highest BCUT2D eigenvalue weighted by atomic mass is 79.9. The lowest BCUT2D eigenvalue weighted by molar-refractivity contribution is 0.171. The normalized spacial score (nSPS) is 16.1. The van der Waals surface area contributed by atoms with Gasteiger partial charge in [-0.05, 0) is 30.0 Å². The molecule has 2 rings (SSSR count). The number of rotatable bonds is 3. The predicted octanol–water partition coefficient (Wildman–Crippen LogP) is 3.03. The molecule has 0 aromatic heterocycles. The van der Waals surface area contributed by atoms with E-state index in [9.17, 15) is 0 Å². The molecule has 0 spiro atoms. The van der Waals surface area contributed by atoms with Gasteiger partial charge < -0.3 is 9.47 Å². The summed E-state index contributed by atoms with van der Waals surface area (Å²) in [5, 5.41) is 1.03. The lowest BCUT2D eigenvalue weighted by atomic mass is 10.0. The van der Waals surface area contributed by atoms with Gasteiger partial charge in [0, 0.05) is 5.33 Å². The second-order valence-electron chi connectivity index (χ2n) is 3.94. The predicted molar refractivity (Wildman–Crippen MR) is 64.1 cm³/mol. The van der Waals surface area contributed by atoms with E-state index in [1.165, 1.54) is 5.56 Å². The highest BCUT2D eigenvalue weighted by Gasteiger charge is 2.12. The van der Waals surface area contributed by atoms with Crippen LogP contribution in [0.25, 0.3) is 0 Å². The van der Waals surface area contributed by atoms with E-state index >= 15 is 0 Å².